The van der Waals surface area contributed by atoms with Gasteiger partial charge in [0.15, 0.2) is 0 Å². The number of hydrogen-bond acceptors (Lipinski definition) is 3. The van der Waals surface area contributed by atoms with Crippen molar-refractivity contribution in [1.82, 2.24) is 20.4 Å². The Morgan fingerprint density at radius 1 is 1.45 bits per heavy atom. The molecule has 5 nitrogen and oxygen atoms in total. The molecule has 1 aromatic carbocycles. The summed E-state index contributed by atoms with van der Waals surface area (Å²) in [5, 5.41) is 11.6. The molecule has 0 saturated carbocycles. The lowest BCUT2D eigenvalue weighted by molar-refractivity contribution is 0.0909. The van der Waals surface area contributed by atoms with Crippen LogP contribution in [0, 0.1) is 5.92 Å². The predicted octanol–water partition coefficient (Wildman–Crippen LogP) is 1.95. The van der Waals surface area contributed by atoms with Crippen molar-refractivity contribution in [3.63, 3.8) is 0 Å². The summed E-state index contributed by atoms with van der Waals surface area (Å²) in [5.74, 6) is 0.795. The number of piperidine rings is 1. The fourth-order valence-electron chi connectivity index (χ4n) is 3.92. The number of aromatic nitrogens is 2. The van der Waals surface area contributed by atoms with E-state index in [-0.39, 0.29) is 11.9 Å². The maximum Gasteiger partial charge on any atom is 0.251 e. The van der Waals surface area contributed by atoms with E-state index in [2.05, 4.69) is 27.3 Å². The minimum Gasteiger partial charge on any atom is -0.348 e. The van der Waals surface area contributed by atoms with Gasteiger partial charge in [-0.1, -0.05) is 13.0 Å². The Hall–Kier alpha value is -1.88. The molecule has 2 N–H and O–H groups in total. The highest BCUT2D eigenvalue weighted by Crippen LogP contribution is 2.27. The maximum atomic E-state index is 12.5. The second kappa shape index (κ2) is 5.39. The largest absolute Gasteiger partial charge is 0.348 e. The smallest absolute Gasteiger partial charge is 0.251 e. The number of hydrogen-bond donors (Lipinski definition) is 2. The molecule has 1 unspecified atom stereocenters. The molecule has 22 heavy (non-hydrogen) atoms. The second-order valence-electron chi connectivity index (χ2n) is 6.60. The van der Waals surface area contributed by atoms with Crippen LogP contribution in [0.5, 0.6) is 0 Å². The van der Waals surface area contributed by atoms with E-state index in [1.54, 1.807) is 0 Å². The molecular formula is C17H22N4O. The zero-order chi connectivity index (χ0) is 15.1. The molecule has 4 rings (SSSR count). The third-order valence-electron chi connectivity index (χ3n) is 5.04. The molecule has 2 saturated heterocycles. The lowest BCUT2D eigenvalue weighted by Gasteiger charge is -2.30. The Kier molecular flexibility index (Phi) is 3.37. The summed E-state index contributed by atoms with van der Waals surface area (Å²) in [6, 6.07) is 6.11. The third kappa shape index (κ3) is 2.39. The molecule has 0 radical (unpaired) electrons. The second-order valence-corrected chi connectivity index (χ2v) is 6.60. The summed E-state index contributed by atoms with van der Waals surface area (Å²) < 4.78 is 0. The number of aromatic amines is 1. The summed E-state index contributed by atoms with van der Waals surface area (Å²) >= 11 is 0. The van der Waals surface area contributed by atoms with Crippen LogP contribution >= 0.6 is 0 Å². The number of nitrogens with one attached hydrogen (secondary N) is 2. The van der Waals surface area contributed by atoms with E-state index in [1.807, 2.05) is 18.2 Å². The lowest BCUT2D eigenvalue weighted by Crippen LogP contribution is -2.47. The minimum absolute atomic E-state index is 0.0297. The van der Waals surface area contributed by atoms with Crippen molar-refractivity contribution in [2.75, 3.05) is 19.6 Å². The average Bonchev–Trinajstić information content (AvgIpc) is 3.09. The standard InChI is InChI=1S/C17H22N4O/c1-2-15-14-4-3-12(8-16(14)20-19-15)17(22)18-13-7-11-5-6-21(9-11)10-13/h3-4,8,11,13H,2,5-7,9-10H2,1H3,(H,18,22)(H,19,20)/t11-,13-/m1/s1. The van der Waals surface area contributed by atoms with Crippen molar-refractivity contribution in [2.24, 2.45) is 5.92 Å². The SMILES string of the molecule is CCc1n[nH]c2cc(C(=O)N[C@@H]3C[C@H]4CCN(C4)C3)ccc12. The van der Waals surface area contributed by atoms with Crippen LogP contribution < -0.4 is 5.32 Å². The summed E-state index contributed by atoms with van der Waals surface area (Å²) in [7, 11) is 0. The number of carbonyl (C=O) groups excluding carboxylic acids is 1. The molecule has 5 heteroatoms. The van der Waals surface area contributed by atoms with E-state index < -0.39 is 0 Å². The van der Waals surface area contributed by atoms with Crippen molar-refractivity contribution in [3.05, 3.63) is 29.5 Å². The van der Waals surface area contributed by atoms with Crippen molar-refractivity contribution in [1.29, 1.82) is 0 Å². The van der Waals surface area contributed by atoms with E-state index >= 15 is 0 Å². The molecule has 1 amide bonds. The maximum absolute atomic E-state index is 12.5. The fraction of sp³-hybridized carbons (Fsp3) is 0.529. The van der Waals surface area contributed by atoms with Gasteiger partial charge in [0.25, 0.3) is 5.91 Å². The molecule has 1 aromatic heterocycles. The van der Waals surface area contributed by atoms with Crippen LogP contribution in [0.1, 0.15) is 35.8 Å². The molecule has 2 bridgehead atoms. The van der Waals surface area contributed by atoms with E-state index in [0.29, 0.717) is 5.56 Å². The van der Waals surface area contributed by atoms with Gasteiger partial charge in [-0.05, 0) is 43.9 Å². The summed E-state index contributed by atoms with van der Waals surface area (Å²) in [6.07, 6.45) is 3.30. The van der Waals surface area contributed by atoms with Crippen LogP contribution in [-0.2, 0) is 6.42 Å². The van der Waals surface area contributed by atoms with Gasteiger partial charge in [-0.3, -0.25) is 9.89 Å². The molecule has 3 atom stereocenters. The van der Waals surface area contributed by atoms with Gasteiger partial charge >= 0.3 is 0 Å². The number of H-pyrrole nitrogens is 1. The quantitative estimate of drug-likeness (QED) is 0.910. The van der Waals surface area contributed by atoms with E-state index in [9.17, 15) is 4.79 Å². The van der Waals surface area contributed by atoms with E-state index in [1.165, 1.54) is 19.5 Å². The van der Waals surface area contributed by atoms with Crippen molar-refractivity contribution in [3.8, 4) is 0 Å². The monoisotopic (exact) mass is 298 g/mol. The van der Waals surface area contributed by atoms with E-state index in [0.717, 1.165) is 41.9 Å². The van der Waals surface area contributed by atoms with Crippen molar-refractivity contribution < 1.29 is 4.79 Å². The predicted molar refractivity (Wildman–Crippen MR) is 85.9 cm³/mol. The molecule has 116 valence electrons. The van der Waals surface area contributed by atoms with Crippen LogP contribution in [0.3, 0.4) is 0 Å². The molecule has 3 heterocycles. The number of rotatable bonds is 3. The first kappa shape index (κ1) is 13.8. The number of fused-ring (bicyclic) bond motifs is 3. The highest BCUT2D eigenvalue weighted by atomic mass is 16.1. The Balaban J connectivity index is 1.50. The van der Waals surface area contributed by atoms with Gasteiger partial charge in [-0.2, -0.15) is 5.10 Å². The van der Waals surface area contributed by atoms with Crippen molar-refractivity contribution in [2.45, 2.75) is 32.2 Å². The third-order valence-corrected chi connectivity index (χ3v) is 5.04. The molecule has 2 aromatic rings. The molecule has 0 spiro atoms. The van der Waals surface area contributed by atoms with Gasteiger partial charge in [0.05, 0.1) is 11.2 Å². The zero-order valence-electron chi connectivity index (χ0n) is 12.9. The van der Waals surface area contributed by atoms with Gasteiger partial charge in [0, 0.05) is 30.1 Å². The van der Waals surface area contributed by atoms with Gasteiger partial charge in [0.1, 0.15) is 0 Å². The number of nitrogens with zero attached hydrogens (tertiary/aromatic N) is 2. The normalized spacial score (nSPS) is 27.2. The van der Waals surface area contributed by atoms with Crippen molar-refractivity contribution >= 4 is 16.8 Å². The number of carbonyl (C=O) groups is 1. The number of benzene rings is 1. The molecule has 2 aliphatic rings. The minimum atomic E-state index is 0.0297. The Morgan fingerprint density at radius 2 is 2.36 bits per heavy atom. The lowest BCUT2D eigenvalue weighted by atomic mass is 9.96. The Labute approximate surface area is 130 Å². The van der Waals surface area contributed by atoms with Gasteiger partial charge in [-0.25, -0.2) is 0 Å². The highest BCUT2D eigenvalue weighted by Gasteiger charge is 2.32. The molecule has 0 aliphatic carbocycles. The average molecular weight is 298 g/mol. The molecular weight excluding hydrogens is 276 g/mol. The van der Waals surface area contributed by atoms with Crippen LogP contribution in [0.15, 0.2) is 18.2 Å². The van der Waals surface area contributed by atoms with Crippen LogP contribution in [-0.4, -0.2) is 46.7 Å². The summed E-state index contributed by atoms with van der Waals surface area (Å²) in [4.78, 5) is 15.0. The Morgan fingerprint density at radius 3 is 3.18 bits per heavy atom. The summed E-state index contributed by atoms with van der Waals surface area (Å²) in [5.41, 5.74) is 2.71. The van der Waals surface area contributed by atoms with Crippen LogP contribution in [0.25, 0.3) is 10.9 Å². The molecule has 2 fully saturated rings. The highest BCUT2D eigenvalue weighted by molar-refractivity contribution is 5.98. The first-order chi connectivity index (χ1) is 10.7. The van der Waals surface area contributed by atoms with Crippen LogP contribution in [0.4, 0.5) is 0 Å². The first-order valence-electron chi connectivity index (χ1n) is 8.23. The number of aryl methyl sites for hydroxylation is 1. The van der Waals surface area contributed by atoms with Gasteiger partial charge in [-0.15, -0.1) is 0 Å². The van der Waals surface area contributed by atoms with Crippen LogP contribution in [0.2, 0.25) is 0 Å². The zero-order valence-corrected chi connectivity index (χ0v) is 12.9. The van der Waals surface area contributed by atoms with Gasteiger partial charge < -0.3 is 10.2 Å². The fourth-order valence-corrected chi connectivity index (χ4v) is 3.92. The number of amides is 1. The first-order valence-corrected chi connectivity index (χ1v) is 8.23. The summed E-state index contributed by atoms with van der Waals surface area (Å²) in [6.45, 7) is 5.49. The Bertz CT molecular complexity index is 696. The van der Waals surface area contributed by atoms with Gasteiger partial charge in [0.2, 0.25) is 0 Å². The topological polar surface area (TPSA) is 61.0 Å². The molecule has 2 aliphatic heterocycles. The van der Waals surface area contributed by atoms with E-state index in [4.69, 9.17) is 0 Å².